The summed E-state index contributed by atoms with van der Waals surface area (Å²) in [5, 5.41) is 8.06. The quantitative estimate of drug-likeness (QED) is 0.732. The van der Waals surface area contributed by atoms with Crippen molar-refractivity contribution in [1.29, 1.82) is 0 Å². The molecule has 0 saturated carbocycles. The normalized spacial score (nSPS) is 10.3. The Kier molecular flexibility index (Phi) is 6.06. The van der Waals surface area contributed by atoms with E-state index in [2.05, 4.69) is 16.0 Å². The summed E-state index contributed by atoms with van der Waals surface area (Å²) in [4.78, 5) is 34.0. The molecule has 0 radical (unpaired) electrons. The van der Waals surface area contributed by atoms with Crippen LogP contribution in [-0.2, 0) is 14.4 Å². The van der Waals surface area contributed by atoms with Gasteiger partial charge in [0.1, 0.15) is 0 Å². The number of anilines is 3. The molecule has 2 aromatic rings. The maximum atomic E-state index is 12.0. The molecular weight excluding hydrogens is 318 g/mol. The molecule has 0 saturated heterocycles. The average molecular weight is 337 g/mol. The van der Waals surface area contributed by atoms with Crippen LogP contribution in [0.2, 0.25) is 0 Å². The first-order chi connectivity index (χ1) is 11.9. The van der Waals surface area contributed by atoms with Gasteiger partial charge in [-0.2, -0.15) is 0 Å². The monoisotopic (exact) mass is 337 g/mol. The number of carbonyl (C=O) groups excluding carboxylic acids is 3. The number of hydrogen-bond acceptors (Lipinski definition) is 3. The van der Waals surface area contributed by atoms with E-state index in [0.29, 0.717) is 17.1 Å². The highest BCUT2D eigenvalue weighted by atomic mass is 16.2. The summed E-state index contributed by atoms with van der Waals surface area (Å²) in [7, 11) is 0. The number of nitrogens with one attached hydrogen (secondary N) is 3. The first-order valence-corrected chi connectivity index (χ1v) is 7.67. The topological polar surface area (TPSA) is 87.3 Å². The van der Waals surface area contributed by atoms with Gasteiger partial charge in [0.05, 0.1) is 0 Å². The molecule has 6 nitrogen and oxygen atoms in total. The van der Waals surface area contributed by atoms with Gasteiger partial charge in [0, 0.05) is 37.0 Å². The molecule has 0 unspecified atom stereocenters. The van der Waals surface area contributed by atoms with Gasteiger partial charge in [-0.15, -0.1) is 0 Å². The third kappa shape index (κ3) is 6.31. The van der Waals surface area contributed by atoms with E-state index in [1.165, 1.54) is 19.9 Å². The minimum atomic E-state index is -0.286. The average Bonchev–Trinajstić information content (AvgIpc) is 2.53. The number of amides is 3. The Morgan fingerprint density at radius 3 is 1.92 bits per heavy atom. The van der Waals surface area contributed by atoms with Crippen LogP contribution in [0.4, 0.5) is 17.1 Å². The number of hydrogen-bond donors (Lipinski definition) is 3. The molecule has 6 heteroatoms. The van der Waals surface area contributed by atoms with E-state index in [4.69, 9.17) is 0 Å². The van der Waals surface area contributed by atoms with E-state index in [1.807, 2.05) is 0 Å². The van der Waals surface area contributed by atoms with Crippen LogP contribution in [-0.4, -0.2) is 17.7 Å². The lowest BCUT2D eigenvalue weighted by Gasteiger charge is -2.06. The van der Waals surface area contributed by atoms with Crippen molar-refractivity contribution in [2.24, 2.45) is 0 Å². The smallest absolute Gasteiger partial charge is 0.248 e. The predicted octanol–water partition coefficient (Wildman–Crippen LogP) is 3.26. The highest BCUT2D eigenvalue weighted by Crippen LogP contribution is 2.15. The van der Waals surface area contributed by atoms with Gasteiger partial charge in [0.25, 0.3) is 0 Å². The molecule has 25 heavy (non-hydrogen) atoms. The Labute approximate surface area is 145 Å². The molecule has 2 rings (SSSR count). The summed E-state index contributed by atoms with van der Waals surface area (Å²) in [6, 6.07) is 14.0. The maximum Gasteiger partial charge on any atom is 0.248 e. The van der Waals surface area contributed by atoms with Gasteiger partial charge in [-0.3, -0.25) is 14.4 Å². The standard InChI is InChI=1S/C19H19N3O3/c1-13(23)20-16-9-6-15(7-10-16)8-11-19(25)22-18-5-3-4-17(12-18)21-14(2)24/h3-12H,1-2H3,(H,20,23)(H,21,24)(H,22,25)/b11-8+. The van der Waals surface area contributed by atoms with Gasteiger partial charge >= 0.3 is 0 Å². The lowest BCUT2D eigenvalue weighted by Crippen LogP contribution is -2.09. The highest BCUT2D eigenvalue weighted by Gasteiger charge is 2.01. The number of carbonyl (C=O) groups is 3. The lowest BCUT2D eigenvalue weighted by atomic mass is 10.2. The van der Waals surface area contributed by atoms with E-state index in [0.717, 1.165) is 5.56 Å². The largest absolute Gasteiger partial charge is 0.326 e. The molecule has 0 spiro atoms. The zero-order valence-corrected chi connectivity index (χ0v) is 14.0. The van der Waals surface area contributed by atoms with Gasteiger partial charge in [-0.05, 0) is 42.0 Å². The molecule has 3 N–H and O–H groups in total. The van der Waals surface area contributed by atoms with E-state index >= 15 is 0 Å². The molecule has 0 aliphatic heterocycles. The fraction of sp³-hybridized carbons (Fsp3) is 0.105. The van der Waals surface area contributed by atoms with Gasteiger partial charge in [0.2, 0.25) is 17.7 Å². The summed E-state index contributed by atoms with van der Waals surface area (Å²) < 4.78 is 0. The van der Waals surface area contributed by atoms with Crippen LogP contribution in [0.1, 0.15) is 19.4 Å². The van der Waals surface area contributed by atoms with Crippen molar-refractivity contribution in [2.75, 3.05) is 16.0 Å². The Balaban J connectivity index is 1.96. The Bertz CT molecular complexity index is 811. The molecule has 0 atom stereocenters. The van der Waals surface area contributed by atoms with E-state index < -0.39 is 0 Å². The summed E-state index contributed by atoms with van der Waals surface area (Å²) in [6.45, 7) is 2.87. The van der Waals surface area contributed by atoms with Crippen molar-refractivity contribution in [3.8, 4) is 0 Å². The summed E-state index contributed by atoms with van der Waals surface area (Å²) in [5.74, 6) is -0.596. The number of rotatable bonds is 5. The lowest BCUT2D eigenvalue weighted by molar-refractivity contribution is -0.115. The van der Waals surface area contributed by atoms with Crippen molar-refractivity contribution < 1.29 is 14.4 Å². The molecule has 2 aromatic carbocycles. The van der Waals surface area contributed by atoms with Crippen molar-refractivity contribution in [1.82, 2.24) is 0 Å². The van der Waals surface area contributed by atoms with Crippen LogP contribution in [0, 0.1) is 0 Å². The molecule has 0 aliphatic rings. The zero-order valence-electron chi connectivity index (χ0n) is 14.0. The summed E-state index contributed by atoms with van der Waals surface area (Å²) >= 11 is 0. The second kappa shape index (κ2) is 8.44. The van der Waals surface area contributed by atoms with Gasteiger partial charge < -0.3 is 16.0 Å². The molecule has 0 aromatic heterocycles. The van der Waals surface area contributed by atoms with E-state index in [1.54, 1.807) is 54.6 Å². The van der Waals surface area contributed by atoms with Crippen LogP contribution in [0.15, 0.2) is 54.6 Å². The SMILES string of the molecule is CC(=O)Nc1ccc(/C=C/C(=O)Nc2cccc(NC(C)=O)c2)cc1. The van der Waals surface area contributed by atoms with Crippen LogP contribution in [0.3, 0.4) is 0 Å². The van der Waals surface area contributed by atoms with Gasteiger partial charge in [-0.1, -0.05) is 18.2 Å². The Morgan fingerprint density at radius 2 is 1.32 bits per heavy atom. The van der Waals surface area contributed by atoms with Crippen LogP contribution >= 0.6 is 0 Å². The maximum absolute atomic E-state index is 12.0. The minimum absolute atomic E-state index is 0.135. The second-order valence-corrected chi connectivity index (χ2v) is 5.39. The van der Waals surface area contributed by atoms with E-state index in [-0.39, 0.29) is 17.7 Å². The summed E-state index contributed by atoms with van der Waals surface area (Å²) in [5.41, 5.74) is 2.73. The highest BCUT2D eigenvalue weighted by molar-refractivity contribution is 6.02. The van der Waals surface area contributed by atoms with Crippen LogP contribution < -0.4 is 16.0 Å². The van der Waals surface area contributed by atoms with Crippen molar-refractivity contribution in [3.63, 3.8) is 0 Å². The third-order valence-electron chi connectivity index (χ3n) is 3.11. The van der Waals surface area contributed by atoms with Crippen LogP contribution in [0.5, 0.6) is 0 Å². The molecule has 0 heterocycles. The predicted molar refractivity (Wildman–Crippen MR) is 99.2 cm³/mol. The van der Waals surface area contributed by atoms with Crippen molar-refractivity contribution in [2.45, 2.75) is 13.8 Å². The van der Waals surface area contributed by atoms with E-state index in [9.17, 15) is 14.4 Å². The zero-order chi connectivity index (χ0) is 18.2. The Morgan fingerprint density at radius 1 is 0.760 bits per heavy atom. The first-order valence-electron chi connectivity index (χ1n) is 7.67. The van der Waals surface area contributed by atoms with Gasteiger partial charge in [0.15, 0.2) is 0 Å². The first kappa shape index (κ1) is 17.9. The third-order valence-corrected chi connectivity index (χ3v) is 3.11. The van der Waals surface area contributed by atoms with Crippen molar-refractivity contribution in [3.05, 3.63) is 60.2 Å². The fourth-order valence-electron chi connectivity index (χ4n) is 2.11. The molecule has 0 fully saturated rings. The molecule has 0 aliphatic carbocycles. The second-order valence-electron chi connectivity index (χ2n) is 5.39. The molecular formula is C19H19N3O3. The fourth-order valence-corrected chi connectivity index (χ4v) is 2.11. The molecule has 128 valence electrons. The molecule has 0 bridgehead atoms. The number of benzene rings is 2. The van der Waals surface area contributed by atoms with Crippen LogP contribution in [0.25, 0.3) is 6.08 Å². The molecule has 3 amide bonds. The minimum Gasteiger partial charge on any atom is -0.326 e. The van der Waals surface area contributed by atoms with Gasteiger partial charge in [-0.25, -0.2) is 0 Å². The van der Waals surface area contributed by atoms with Crippen molar-refractivity contribution >= 4 is 40.9 Å². The summed E-state index contributed by atoms with van der Waals surface area (Å²) in [6.07, 6.45) is 3.09. The Hall–Kier alpha value is -3.41.